The lowest BCUT2D eigenvalue weighted by Gasteiger charge is -2.19. The van der Waals surface area contributed by atoms with E-state index in [0.717, 1.165) is 11.4 Å². The van der Waals surface area contributed by atoms with Crippen LogP contribution in [0.25, 0.3) is 71.6 Å². The lowest BCUT2D eigenvalue weighted by atomic mass is 9.95. The van der Waals surface area contributed by atoms with Crippen LogP contribution in [-0.4, -0.2) is 11.6 Å². The molecule has 0 saturated carbocycles. The van der Waals surface area contributed by atoms with E-state index in [1.54, 1.807) is 0 Å². The van der Waals surface area contributed by atoms with Crippen molar-refractivity contribution in [2.75, 3.05) is 11.9 Å². The summed E-state index contributed by atoms with van der Waals surface area (Å²) in [5.41, 5.74) is 13.2. The summed E-state index contributed by atoms with van der Waals surface area (Å²) in [6.45, 7) is 0. The van der Waals surface area contributed by atoms with Gasteiger partial charge >= 0.3 is 0 Å². The van der Waals surface area contributed by atoms with Gasteiger partial charge in [-0.15, -0.1) is 0 Å². The molecule has 232 valence electrons. The predicted octanol–water partition coefficient (Wildman–Crippen LogP) is 12.7. The first kappa shape index (κ1) is 28.8. The molecule has 49 heavy (non-hydrogen) atoms. The highest BCUT2D eigenvalue weighted by Crippen LogP contribution is 2.42. The van der Waals surface area contributed by atoms with Gasteiger partial charge in [-0.2, -0.15) is 0 Å². The van der Waals surface area contributed by atoms with Crippen molar-refractivity contribution in [1.29, 1.82) is 0 Å². The van der Waals surface area contributed by atoms with Crippen molar-refractivity contribution in [2.45, 2.75) is 0 Å². The molecule has 0 spiro atoms. The summed E-state index contributed by atoms with van der Waals surface area (Å²) in [7, 11) is 2.11. The fraction of sp³-hybridized carbons (Fsp3) is 0.0213. The van der Waals surface area contributed by atoms with Gasteiger partial charge in [0.15, 0.2) is 0 Å². The Morgan fingerprint density at radius 1 is 0.367 bits per heavy atom. The maximum absolute atomic E-state index is 2.43. The standard InChI is InChI=1S/C47H34N2/c1-48(39-14-6-3-7-15-39)40-28-23-36(24-29-40)34-19-21-38(22-20-34)43-17-10-18-44-46(43)47-42-16-9-8-13-37(42)27-32-45(47)49(44)41-30-25-35(26-31-41)33-11-4-2-5-12-33/h2-32H,1H3. The van der Waals surface area contributed by atoms with Crippen LogP contribution < -0.4 is 4.90 Å². The van der Waals surface area contributed by atoms with Gasteiger partial charge in [0, 0.05) is 34.9 Å². The van der Waals surface area contributed by atoms with Crippen LogP contribution in [-0.2, 0) is 0 Å². The van der Waals surface area contributed by atoms with Crippen LogP contribution in [0.3, 0.4) is 0 Å². The third-order valence-electron chi connectivity index (χ3n) is 9.84. The number of hydrogen-bond donors (Lipinski definition) is 0. The highest BCUT2D eigenvalue weighted by atomic mass is 15.1. The third kappa shape index (κ3) is 5.06. The molecule has 0 amide bonds. The van der Waals surface area contributed by atoms with Crippen LogP contribution in [0, 0.1) is 0 Å². The maximum Gasteiger partial charge on any atom is 0.0547 e. The number of anilines is 2. The van der Waals surface area contributed by atoms with E-state index in [-0.39, 0.29) is 0 Å². The summed E-state index contributed by atoms with van der Waals surface area (Å²) in [4.78, 5) is 2.21. The van der Waals surface area contributed by atoms with Crippen molar-refractivity contribution in [3.05, 3.63) is 188 Å². The molecule has 0 radical (unpaired) electrons. The van der Waals surface area contributed by atoms with Gasteiger partial charge in [-0.25, -0.2) is 0 Å². The molecule has 0 N–H and O–H groups in total. The maximum atomic E-state index is 2.43. The summed E-state index contributed by atoms with van der Waals surface area (Å²) in [5.74, 6) is 0. The van der Waals surface area contributed by atoms with E-state index >= 15 is 0 Å². The summed E-state index contributed by atoms with van der Waals surface area (Å²) >= 11 is 0. The topological polar surface area (TPSA) is 8.17 Å². The van der Waals surface area contributed by atoms with E-state index in [2.05, 4.69) is 205 Å². The SMILES string of the molecule is CN(c1ccccc1)c1ccc(-c2ccc(-c3cccc4c3c3c5ccccc5ccc3n4-c3ccc(-c4ccccc4)cc3)cc2)cc1. The zero-order valence-corrected chi connectivity index (χ0v) is 27.3. The van der Waals surface area contributed by atoms with E-state index in [9.17, 15) is 0 Å². The Hall–Kier alpha value is -6.38. The Labute approximate surface area is 286 Å². The van der Waals surface area contributed by atoms with Gasteiger partial charge in [-0.05, 0) is 92.7 Å². The van der Waals surface area contributed by atoms with E-state index < -0.39 is 0 Å². The average Bonchev–Trinajstić information content (AvgIpc) is 3.54. The van der Waals surface area contributed by atoms with Gasteiger partial charge in [0.1, 0.15) is 0 Å². The molecule has 0 unspecified atom stereocenters. The van der Waals surface area contributed by atoms with Gasteiger partial charge in [-0.3, -0.25) is 0 Å². The molecule has 2 heteroatoms. The summed E-state index contributed by atoms with van der Waals surface area (Å²) in [6.07, 6.45) is 0. The van der Waals surface area contributed by atoms with Gasteiger partial charge in [-0.1, -0.05) is 140 Å². The van der Waals surface area contributed by atoms with E-state index in [1.807, 2.05) is 0 Å². The zero-order valence-electron chi connectivity index (χ0n) is 27.3. The van der Waals surface area contributed by atoms with Gasteiger partial charge in [0.2, 0.25) is 0 Å². The minimum absolute atomic E-state index is 1.16. The fourth-order valence-electron chi connectivity index (χ4n) is 7.30. The Kier molecular flexibility index (Phi) is 7.06. The normalized spacial score (nSPS) is 11.4. The van der Waals surface area contributed by atoms with Crippen LogP contribution in [0.1, 0.15) is 0 Å². The van der Waals surface area contributed by atoms with Crippen LogP contribution in [0.4, 0.5) is 11.4 Å². The lowest BCUT2D eigenvalue weighted by molar-refractivity contribution is 1.18. The van der Waals surface area contributed by atoms with E-state index in [1.165, 1.54) is 71.6 Å². The molecule has 2 nitrogen and oxygen atoms in total. The number of para-hydroxylation sites is 1. The Bertz CT molecular complexity index is 2560. The first-order valence-electron chi connectivity index (χ1n) is 16.8. The molecule has 0 fully saturated rings. The second kappa shape index (κ2) is 12.0. The van der Waals surface area contributed by atoms with Crippen LogP contribution in [0.15, 0.2) is 188 Å². The van der Waals surface area contributed by atoms with Crippen LogP contribution in [0.5, 0.6) is 0 Å². The number of fused-ring (bicyclic) bond motifs is 5. The molecule has 1 heterocycles. The monoisotopic (exact) mass is 626 g/mol. The largest absolute Gasteiger partial charge is 0.345 e. The predicted molar refractivity (Wildman–Crippen MR) is 209 cm³/mol. The molecule has 0 aliphatic rings. The molecular weight excluding hydrogens is 593 g/mol. The molecule has 9 rings (SSSR count). The van der Waals surface area contributed by atoms with Gasteiger partial charge in [0.05, 0.1) is 11.0 Å². The highest BCUT2D eigenvalue weighted by Gasteiger charge is 2.18. The third-order valence-corrected chi connectivity index (χ3v) is 9.84. The van der Waals surface area contributed by atoms with Crippen molar-refractivity contribution in [2.24, 2.45) is 0 Å². The van der Waals surface area contributed by atoms with E-state index in [4.69, 9.17) is 0 Å². The van der Waals surface area contributed by atoms with Crippen molar-refractivity contribution < 1.29 is 0 Å². The van der Waals surface area contributed by atoms with Crippen LogP contribution in [0.2, 0.25) is 0 Å². The summed E-state index contributed by atoms with van der Waals surface area (Å²) in [5, 5.41) is 5.09. The number of nitrogens with zero attached hydrogens (tertiary/aromatic N) is 2. The fourth-order valence-corrected chi connectivity index (χ4v) is 7.30. The van der Waals surface area contributed by atoms with Crippen molar-refractivity contribution in [1.82, 2.24) is 4.57 Å². The summed E-state index contributed by atoms with van der Waals surface area (Å²) in [6, 6.07) is 67.9. The lowest BCUT2D eigenvalue weighted by Crippen LogP contribution is -2.08. The molecule has 0 aliphatic carbocycles. The van der Waals surface area contributed by atoms with Crippen molar-refractivity contribution >= 4 is 44.0 Å². The Morgan fingerprint density at radius 2 is 0.898 bits per heavy atom. The molecule has 0 bridgehead atoms. The molecule has 0 atom stereocenters. The number of hydrogen-bond acceptors (Lipinski definition) is 1. The zero-order chi connectivity index (χ0) is 32.7. The molecule has 8 aromatic carbocycles. The molecule has 0 saturated heterocycles. The Morgan fingerprint density at radius 3 is 1.61 bits per heavy atom. The first-order chi connectivity index (χ1) is 24.2. The minimum atomic E-state index is 1.16. The van der Waals surface area contributed by atoms with Crippen molar-refractivity contribution in [3.8, 4) is 39.1 Å². The quantitative estimate of drug-likeness (QED) is 0.178. The number of benzene rings is 8. The number of rotatable bonds is 6. The highest BCUT2D eigenvalue weighted by molar-refractivity contribution is 6.25. The van der Waals surface area contributed by atoms with Crippen molar-refractivity contribution in [3.63, 3.8) is 0 Å². The molecular formula is C47H34N2. The van der Waals surface area contributed by atoms with Crippen LogP contribution >= 0.6 is 0 Å². The molecule has 1 aromatic heterocycles. The van der Waals surface area contributed by atoms with Gasteiger partial charge in [0.25, 0.3) is 0 Å². The Balaban J connectivity index is 1.14. The number of aromatic nitrogens is 1. The molecule has 9 aromatic rings. The van der Waals surface area contributed by atoms with E-state index in [0.29, 0.717) is 0 Å². The second-order valence-electron chi connectivity index (χ2n) is 12.6. The average molecular weight is 627 g/mol. The second-order valence-corrected chi connectivity index (χ2v) is 12.6. The minimum Gasteiger partial charge on any atom is -0.345 e. The molecule has 0 aliphatic heterocycles. The van der Waals surface area contributed by atoms with Gasteiger partial charge < -0.3 is 9.47 Å². The summed E-state index contributed by atoms with van der Waals surface area (Å²) < 4.78 is 2.43. The smallest absolute Gasteiger partial charge is 0.0547 e. The first-order valence-corrected chi connectivity index (χ1v) is 16.8.